The van der Waals surface area contributed by atoms with Crippen LogP contribution in [-0.4, -0.2) is 33.0 Å². The zero-order valence-corrected chi connectivity index (χ0v) is 23.8. The molecule has 3 heterocycles. The molecular weight excluding hydrogens is 577 g/mol. The number of aromatic nitrogens is 4. The summed E-state index contributed by atoms with van der Waals surface area (Å²) in [6.45, 7) is 2.03. The summed E-state index contributed by atoms with van der Waals surface area (Å²) < 4.78 is 49.1. The first-order valence-corrected chi connectivity index (χ1v) is 13.6. The number of halogens is 3. The smallest absolute Gasteiger partial charge is 0.416 e. The van der Waals surface area contributed by atoms with Crippen LogP contribution >= 0.6 is 0 Å². The van der Waals surface area contributed by atoms with Gasteiger partial charge in [0.05, 0.1) is 36.5 Å². The minimum absolute atomic E-state index is 0.0174. The van der Waals surface area contributed by atoms with Gasteiger partial charge in [-0.25, -0.2) is 23.8 Å². The van der Waals surface area contributed by atoms with E-state index in [1.165, 1.54) is 28.7 Å². The van der Waals surface area contributed by atoms with Crippen LogP contribution in [0.5, 0.6) is 0 Å². The van der Waals surface area contributed by atoms with Gasteiger partial charge in [0.25, 0.3) is 0 Å². The number of esters is 1. The molecule has 0 saturated carbocycles. The molecule has 226 valence electrons. The maximum atomic E-state index is 13.6. The normalized spacial score (nSPS) is 14.8. The van der Waals surface area contributed by atoms with Crippen molar-refractivity contribution in [3.63, 3.8) is 0 Å². The molecule has 2 aromatic heterocycles. The van der Waals surface area contributed by atoms with Crippen molar-refractivity contribution in [1.82, 2.24) is 14.8 Å². The van der Waals surface area contributed by atoms with Gasteiger partial charge in [-0.1, -0.05) is 12.1 Å². The number of aliphatic hydroxyl groups excluding tert-OH is 1. The number of nitrogens with one attached hydrogen (secondary N) is 1. The van der Waals surface area contributed by atoms with E-state index >= 15 is 0 Å². The minimum Gasteiger partial charge on any atom is -0.466 e. The lowest BCUT2D eigenvalue weighted by molar-refractivity contribution is -0.697. The first-order chi connectivity index (χ1) is 21.1. The number of hydrogen-bond acceptors (Lipinski definition) is 7. The molecule has 2 aromatic carbocycles. The van der Waals surface area contributed by atoms with Crippen molar-refractivity contribution in [3.05, 3.63) is 117 Å². The van der Waals surface area contributed by atoms with Crippen LogP contribution in [0.3, 0.4) is 0 Å². The summed E-state index contributed by atoms with van der Waals surface area (Å²) >= 11 is 0. The fourth-order valence-corrected chi connectivity index (χ4v) is 5.50. The lowest BCUT2D eigenvalue weighted by Crippen LogP contribution is -2.38. The van der Waals surface area contributed by atoms with Crippen LogP contribution in [-0.2, 0) is 35.3 Å². The fourth-order valence-electron chi connectivity index (χ4n) is 5.50. The lowest BCUT2D eigenvalue weighted by Gasteiger charge is -2.36. The summed E-state index contributed by atoms with van der Waals surface area (Å²) in [5, 5.41) is 25.6. The number of carbonyl (C=O) groups excluding carboxylic acids is 1. The van der Waals surface area contributed by atoms with Gasteiger partial charge in [0.2, 0.25) is 5.95 Å². The first kappa shape index (κ1) is 30.2. The van der Waals surface area contributed by atoms with Gasteiger partial charge in [0, 0.05) is 29.4 Å². The van der Waals surface area contributed by atoms with Crippen LogP contribution in [0.25, 0.3) is 0 Å². The Balaban J connectivity index is 1.64. The molecule has 0 saturated heterocycles. The molecule has 1 atom stereocenters. The number of H-pyrrole nitrogens is 1. The Morgan fingerprint density at radius 2 is 2.00 bits per heavy atom. The van der Waals surface area contributed by atoms with Crippen molar-refractivity contribution in [1.29, 1.82) is 5.26 Å². The van der Waals surface area contributed by atoms with Crippen LogP contribution in [0.1, 0.15) is 47.2 Å². The third kappa shape index (κ3) is 5.71. The van der Waals surface area contributed by atoms with E-state index in [0.717, 1.165) is 17.7 Å². The third-order valence-corrected chi connectivity index (χ3v) is 7.51. The maximum absolute atomic E-state index is 13.6. The second-order valence-corrected chi connectivity index (χ2v) is 10.2. The Kier molecular flexibility index (Phi) is 8.37. The molecule has 0 amide bonds. The van der Waals surface area contributed by atoms with Gasteiger partial charge in [0.1, 0.15) is 12.6 Å². The van der Waals surface area contributed by atoms with E-state index in [-0.39, 0.29) is 29.5 Å². The number of aromatic amines is 1. The van der Waals surface area contributed by atoms with E-state index < -0.39 is 29.4 Å². The van der Waals surface area contributed by atoms with Crippen molar-refractivity contribution in [2.24, 2.45) is 0 Å². The van der Waals surface area contributed by atoms with Crippen molar-refractivity contribution in [2.75, 3.05) is 12.0 Å². The van der Waals surface area contributed by atoms with Gasteiger partial charge in [-0.15, -0.1) is 5.10 Å². The van der Waals surface area contributed by atoms with Gasteiger partial charge in [-0.2, -0.15) is 18.4 Å². The number of fused-ring (bicyclic) bond motifs is 1. The number of allylic oxidation sites excluding steroid dienone is 1. The predicted molar refractivity (Wildman–Crippen MR) is 151 cm³/mol. The summed E-state index contributed by atoms with van der Waals surface area (Å²) in [4.78, 5) is 28.0. The number of nitriles is 1. The number of carbonyl (C=O) groups is 1. The number of hydrogen-bond donors (Lipinski definition) is 2. The van der Waals surface area contributed by atoms with Crippen molar-refractivity contribution < 1.29 is 32.4 Å². The highest BCUT2D eigenvalue weighted by atomic mass is 19.4. The molecule has 0 radical (unpaired) electrons. The lowest BCUT2D eigenvalue weighted by atomic mass is 9.88. The Morgan fingerprint density at radius 3 is 2.70 bits per heavy atom. The Bertz CT molecular complexity index is 1850. The van der Waals surface area contributed by atoms with Crippen LogP contribution in [0.15, 0.2) is 83.1 Å². The first-order valence-electron chi connectivity index (χ1n) is 13.6. The number of aryl methyl sites for hydroxylation is 2. The molecule has 44 heavy (non-hydrogen) atoms. The number of ether oxygens (including phenoxy) is 1. The van der Waals surface area contributed by atoms with E-state index in [0.29, 0.717) is 36.1 Å². The minimum atomic E-state index is -4.63. The molecule has 1 aliphatic heterocycles. The summed E-state index contributed by atoms with van der Waals surface area (Å²) in [5.41, 5.74) is 1.03. The molecule has 1 aliphatic rings. The molecule has 5 rings (SSSR count). The number of methoxy groups -OCH3 is 1. The largest absolute Gasteiger partial charge is 0.466 e. The van der Waals surface area contributed by atoms with Crippen LogP contribution in [0.2, 0.25) is 0 Å². The SMILES string of the molecule is COC(=O)C1=C(C)N(c2cccc(C(F)(F)F)c2)c2n[nH]c(=O)n2C1c1ccc(C#N)cc1CCC[n+]1cccc(CO)c1. The van der Waals surface area contributed by atoms with Gasteiger partial charge < -0.3 is 9.84 Å². The Hall–Kier alpha value is -5.22. The molecule has 0 aliphatic carbocycles. The van der Waals surface area contributed by atoms with Gasteiger partial charge in [0.15, 0.2) is 12.4 Å². The van der Waals surface area contributed by atoms with E-state index in [1.54, 1.807) is 31.2 Å². The summed E-state index contributed by atoms with van der Waals surface area (Å²) in [6.07, 6.45) is 0.124. The molecule has 1 unspecified atom stereocenters. The van der Waals surface area contributed by atoms with E-state index in [9.17, 15) is 33.1 Å². The second kappa shape index (κ2) is 12.2. The monoisotopic (exact) mass is 605 g/mol. The number of alkyl halides is 3. The fraction of sp³-hybridized carbons (Fsp3) is 0.258. The number of pyridine rings is 1. The zero-order valence-electron chi connectivity index (χ0n) is 23.8. The molecule has 0 bridgehead atoms. The summed E-state index contributed by atoms with van der Waals surface area (Å²) in [5.74, 6) is -0.800. The molecular formula is C31H28F3N6O4+. The van der Waals surface area contributed by atoms with Gasteiger partial charge in [-0.05, 0) is 60.9 Å². The zero-order chi connectivity index (χ0) is 31.6. The Labute approximate surface area is 249 Å². The standard InChI is InChI=1S/C31H27F3N6O4/c1-19-26(28(42)44-2)27(40-29(36-37-30(40)43)39(19)24-9-3-8-23(15-24)31(32,33)34)25-11-10-20(16-35)14-22(25)7-5-13-38-12-4-6-21(17-38)18-41/h3-4,6,8-12,14-15,17,27,41H,5,7,13,18H2,1-2H3/p+1. The highest BCUT2D eigenvalue weighted by Gasteiger charge is 2.41. The highest BCUT2D eigenvalue weighted by molar-refractivity contribution is 5.93. The maximum Gasteiger partial charge on any atom is 0.416 e. The number of aliphatic hydroxyl groups is 1. The van der Waals surface area contributed by atoms with Gasteiger partial charge in [-0.3, -0.25) is 4.90 Å². The summed E-state index contributed by atoms with van der Waals surface area (Å²) in [7, 11) is 1.18. The van der Waals surface area contributed by atoms with E-state index in [2.05, 4.69) is 16.3 Å². The second-order valence-electron chi connectivity index (χ2n) is 10.2. The quantitative estimate of drug-likeness (QED) is 0.229. The topological polar surface area (TPSA) is 128 Å². The van der Waals surface area contributed by atoms with Gasteiger partial charge >= 0.3 is 17.8 Å². The average molecular weight is 606 g/mol. The van der Waals surface area contributed by atoms with Crippen molar-refractivity contribution in [2.45, 2.75) is 45.1 Å². The molecule has 0 spiro atoms. The molecule has 4 aromatic rings. The number of nitrogens with zero attached hydrogens (tertiary/aromatic N) is 5. The molecule has 0 fully saturated rings. The number of benzene rings is 2. The van der Waals surface area contributed by atoms with Crippen LogP contribution < -0.4 is 15.2 Å². The third-order valence-electron chi connectivity index (χ3n) is 7.51. The summed E-state index contributed by atoms with van der Waals surface area (Å²) in [6, 6.07) is 14.1. The molecule has 13 heteroatoms. The molecule has 2 N–H and O–H groups in total. The molecule has 10 nitrogen and oxygen atoms in total. The number of rotatable bonds is 8. The van der Waals surface area contributed by atoms with E-state index in [1.807, 2.05) is 23.0 Å². The van der Waals surface area contributed by atoms with Crippen LogP contribution in [0.4, 0.5) is 24.8 Å². The van der Waals surface area contributed by atoms with E-state index in [4.69, 9.17) is 4.74 Å². The van der Waals surface area contributed by atoms with Crippen LogP contribution in [0, 0.1) is 11.3 Å². The van der Waals surface area contributed by atoms with Crippen molar-refractivity contribution in [3.8, 4) is 6.07 Å². The number of anilines is 2. The van der Waals surface area contributed by atoms with Crippen molar-refractivity contribution >= 4 is 17.6 Å². The average Bonchev–Trinajstić information content (AvgIpc) is 3.40. The highest BCUT2D eigenvalue weighted by Crippen LogP contribution is 2.43. The Morgan fingerprint density at radius 1 is 1.20 bits per heavy atom. The predicted octanol–water partition coefficient (Wildman–Crippen LogP) is 4.06.